The minimum Gasteiger partial charge on any atom is -0.319 e. The molecule has 0 radical (unpaired) electrons. The van der Waals surface area contributed by atoms with Crippen molar-refractivity contribution in [2.75, 3.05) is 25.5 Å². The largest absolute Gasteiger partial charge is 0.319 e. The Labute approximate surface area is 133 Å². The van der Waals surface area contributed by atoms with Crippen LogP contribution < -0.4 is 5.32 Å². The molecular weight excluding hydrogens is 297 g/mol. The second-order valence-electron chi connectivity index (χ2n) is 6.46. The van der Waals surface area contributed by atoms with E-state index in [2.05, 4.69) is 27.5 Å². The van der Waals surface area contributed by atoms with E-state index in [1.165, 1.54) is 12.1 Å². The van der Waals surface area contributed by atoms with E-state index in [1.807, 2.05) is 4.57 Å². The molecule has 23 heavy (non-hydrogen) atoms. The lowest BCUT2D eigenvalue weighted by Gasteiger charge is -2.25. The Morgan fingerprint density at radius 1 is 1.26 bits per heavy atom. The Morgan fingerprint density at radius 2 is 2.09 bits per heavy atom. The topological polar surface area (TPSA) is 63.1 Å². The van der Waals surface area contributed by atoms with Gasteiger partial charge >= 0.3 is 0 Å². The molecule has 2 atom stereocenters. The number of rotatable bonds is 2. The van der Waals surface area contributed by atoms with Gasteiger partial charge in [0.05, 0.1) is 0 Å². The molecule has 0 bridgehead atoms. The molecule has 2 aliphatic heterocycles. The first kappa shape index (κ1) is 14.3. The van der Waals surface area contributed by atoms with Gasteiger partial charge in [-0.2, -0.15) is 0 Å². The highest BCUT2D eigenvalue weighted by atomic mass is 19.1. The zero-order valence-electron chi connectivity index (χ0n) is 12.9. The van der Waals surface area contributed by atoms with Crippen molar-refractivity contribution in [3.63, 3.8) is 0 Å². The van der Waals surface area contributed by atoms with E-state index < -0.39 is 0 Å². The first-order valence-electron chi connectivity index (χ1n) is 7.77. The molecule has 0 spiro atoms. The summed E-state index contributed by atoms with van der Waals surface area (Å²) in [7, 11) is 2.12. The van der Waals surface area contributed by atoms with Gasteiger partial charge in [-0.3, -0.25) is 4.79 Å². The summed E-state index contributed by atoms with van der Waals surface area (Å²) in [4.78, 5) is 14.8. The highest BCUT2D eigenvalue weighted by molar-refractivity contribution is 6.01. The maximum Gasteiger partial charge on any atom is 0.293 e. The molecule has 1 aromatic heterocycles. The van der Waals surface area contributed by atoms with Crippen LogP contribution in [0.4, 0.5) is 10.1 Å². The lowest BCUT2D eigenvalue weighted by Crippen LogP contribution is -2.31. The number of amides is 1. The van der Waals surface area contributed by atoms with Crippen LogP contribution in [0.5, 0.6) is 0 Å². The van der Waals surface area contributed by atoms with Crippen molar-refractivity contribution in [2.24, 2.45) is 11.8 Å². The van der Waals surface area contributed by atoms with Crippen LogP contribution in [0.1, 0.15) is 16.4 Å². The molecule has 2 aromatic rings. The van der Waals surface area contributed by atoms with Crippen molar-refractivity contribution in [2.45, 2.75) is 13.0 Å². The summed E-state index contributed by atoms with van der Waals surface area (Å²) in [5, 5.41) is 10.9. The van der Waals surface area contributed by atoms with Crippen molar-refractivity contribution in [1.82, 2.24) is 19.7 Å². The lowest BCUT2D eigenvalue weighted by atomic mass is 9.89. The molecule has 1 aromatic carbocycles. The predicted molar refractivity (Wildman–Crippen MR) is 82.6 cm³/mol. The summed E-state index contributed by atoms with van der Waals surface area (Å²) < 4.78 is 15.1. The molecule has 0 aliphatic carbocycles. The van der Waals surface area contributed by atoms with Gasteiger partial charge in [0.15, 0.2) is 0 Å². The fourth-order valence-corrected chi connectivity index (χ4v) is 3.68. The van der Waals surface area contributed by atoms with Crippen LogP contribution in [-0.4, -0.2) is 45.7 Å². The average molecular weight is 315 g/mol. The van der Waals surface area contributed by atoms with E-state index in [0.29, 0.717) is 23.3 Å². The van der Waals surface area contributed by atoms with Gasteiger partial charge in [0.1, 0.15) is 11.6 Å². The number of nitrogens with zero attached hydrogens (tertiary/aromatic N) is 4. The normalized spacial score (nSPS) is 23.4. The van der Waals surface area contributed by atoms with E-state index in [4.69, 9.17) is 0 Å². The molecule has 1 amide bonds. The molecule has 1 saturated heterocycles. The molecule has 1 N–H and O–H groups in total. The van der Waals surface area contributed by atoms with Gasteiger partial charge in [0, 0.05) is 31.7 Å². The van der Waals surface area contributed by atoms with Crippen LogP contribution in [0.3, 0.4) is 0 Å². The Bertz CT molecular complexity index is 759. The van der Waals surface area contributed by atoms with E-state index in [9.17, 15) is 9.18 Å². The Kier molecular flexibility index (Phi) is 3.37. The Balaban J connectivity index is 1.56. The van der Waals surface area contributed by atoms with Crippen LogP contribution >= 0.6 is 0 Å². The van der Waals surface area contributed by atoms with E-state index >= 15 is 0 Å². The molecule has 0 saturated carbocycles. The summed E-state index contributed by atoms with van der Waals surface area (Å²) in [6.45, 7) is 2.87. The summed E-state index contributed by atoms with van der Waals surface area (Å²) in [6, 6.07) is 5.83. The second-order valence-corrected chi connectivity index (χ2v) is 6.46. The summed E-state index contributed by atoms with van der Waals surface area (Å²) in [6.07, 6.45) is 0.856. The van der Waals surface area contributed by atoms with Crippen molar-refractivity contribution >= 4 is 11.6 Å². The van der Waals surface area contributed by atoms with Crippen molar-refractivity contribution in [3.05, 3.63) is 41.7 Å². The number of likely N-dealkylation sites (tertiary alicyclic amines) is 1. The third kappa shape index (κ3) is 2.61. The number of hydrogen-bond acceptors (Lipinski definition) is 4. The van der Waals surface area contributed by atoms with Gasteiger partial charge in [-0.1, -0.05) is 6.07 Å². The molecule has 120 valence electrons. The maximum absolute atomic E-state index is 13.2. The van der Waals surface area contributed by atoms with Gasteiger partial charge < -0.3 is 14.8 Å². The predicted octanol–water partition coefficient (Wildman–Crippen LogP) is 1.40. The first-order valence-corrected chi connectivity index (χ1v) is 7.77. The van der Waals surface area contributed by atoms with Gasteiger partial charge in [0.2, 0.25) is 5.82 Å². The van der Waals surface area contributed by atoms with Crippen LogP contribution in [0, 0.1) is 17.7 Å². The van der Waals surface area contributed by atoms with E-state index in [0.717, 1.165) is 31.9 Å². The van der Waals surface area contributed by atoms with E-state index in [-0.39, 0.29) is 11.7 Å². The van der Waals surface area contributed by atoms with Crippen LogP contribution in [0.25, 0.3) is 0 Å². The zero-order chi connectivity index (χ0) is 16.0. The highest BCUT2D eigenvalue weighted by Crippen LogP contribution is 2.31. The molecule has 4 rings (SSSR count). The number of anilines is 1. The molecule has 7 heteroatoms. The van der Waals surface area contributed by atoms with Gasteiger partial charge in [-0.25, -0.2) is 4.39 Å². The van der Waals surface area contributed by atoms with Gasteiger partial charge in [-0.05, 0) is 37.1 Å². The average Bonchev–Trinajstić information content (AvgIpc) is 3.06. The van der Waals surface area contributed by atoms with Crippen LogP contribution in [-0.2, 0) is 13.0 Å². The number of hydrogen-bond donors (Lipinski definition) is 1. The zero-order valence-corrected chi connectivity index (χ0v) is 12.9. The number of benzene rings is 1. The van der Waals surface area contributed by atoms with E-state index in [1.54, 1.807) is 12.1 Å². The quantitative estimate of drug-likeness (QED) is 0.910. The maximum atomic E-state index is 13.2. The standard InChI is InChI=1S/C16H18FN5O/c1-21-7-10-5-14-19-20-15(22(14)9-11(10)8-21)16(23)18-13-4-2-3-12(17)6-13/h2-4,6,10-11H,5,7-9H2,1H3,(H,18,23)/t10-,11-/m1/s1. The second kappa shape index (κ2) is 5.42. The van der Waals surface area contributed by atoms with Crippen molar-refractivity contribution in [1.29, 1.82) is 0 Å². The molecule has 6 nitrogen and oxygen atoms in total. The molecule has 3 heterocycles. The summed E-state index contributed by atoms with van der Waals surface area (Å²) in [5.41, 5.74) is 0.418. The molecular formula is C16H18FN5O. The molecule has 1 fully saturated rings. The number of fused-ring (bicyclic) bond motifs is 2. The monoisotopic (exact) mass is 315 g/mol. The fraction of sp³-hybridized carbons (Fsp3) is 0.438. The summed E-state index contributed by atoms with van der Waals surface area (Å²) >= 11 is 0. The fourth-order valence-electron chi connectivity index (χ4n) is 3.68. The lowest BCUT2D eigenvalue weighted by molar-refractivity contribution is 0.100. The third-order valence-corrected chi connectivity index (χ3v) is 4.73. The minimum absolute atomic E-state index is 0.303. The number of halogens is 1. The van der Waals surface area contributed by atoms with Crippen molar-refractivity contribution in [3.8, 4) is 0 Å². The highest BCUT2D eigenvalue weighted by Gasteiger charge is 2.37. The smallest absolute Gasteiger partial charge is 0.293 e. The Morgan fingerprint density at radius 3 is 2.91 bits per heavy atom. The number of aromatic nitrogens is 3. The minimum atomic E-state index is -0.386. The molecule has 0 unspecified atom stereocenters. The van der Waals surface area contributed by atoms with Crippen LogP contribution in [0.15, 0.2) is 24.3 Å². The molecule has 2 aliphatic rings. The first-order chi connectivity index (χ1) is 11.1. The number of carbonyl (C=O) groups excluding carboxylic acids is 1. The Hall–Kier alpha value is -2.28. The van der Waals surface area contributed by atoms with Gasteiger partial charge in [0.25, 0.3) is 5.91 Å². The third-order valence-electron chi connectivity index (χ3n) is 4.73. The number of nitrogens with one attached hydrogen (secondary N) is 1. The number of carbonyl (C=O) groups is 1. The van der Waals surface area contributed by atoms with Crippen LogP contribution in [0.2, 0.25) is 0 Å². The SMILES string of the molecule is CN1C[C@H]2Cc3nnc(C(=O)Nc4cccc(F)c4)n3C[C@H]2C1. The van der Waals surface area contributed by atoms with Crippen molar-refractivity contribution < 1.29 is 9.18 Å². The van der Waals surface area contributed by atoms with Gasteiger partial charge in [-0.15, -0.1) is 10.2 Å². The summed E-state index contributed by atoms with van der Waals surface area (Å²) in [5.74, 6) is 1.56.